The summed E-state index contributed by atoms with van der Waals surface area (Å²) in [6.07, 6.45) is 11.3. The zero-order valence-corrected chi connectivity index (χ0v) is 15.1. The molecule has 0 spiro atoms. The molecule has 4 rings (SSSR count). The molecule has 25 heavy (non-hydrogen) atoms. The Morgan fingerprint density at radius 1 is 1.04 bits per heavy atom. The van der Waals surface area contributed by atoms with Gasteiger partial charge in [-0.15, -0.1) is 0 Å². The third-order valence-corrected chi connectivity index (χ3v) is 5.98. The Bertz CT molecular complexity index is 700. The Hall–Kier alpha value is -1.68. The van der Waals surface area contributed by atoms with Gasteiger partial charge < -0.3 is 4.57 Å². The van der Waals surface area contributed by atoms with Crippen LogP contribution in [0.1, 0.15) is 68.1 Å². The number of imidazole rings is 1. The largest absolute Gasteiger partial charge is 0.327 e. The minimum atomic E-state index is -0.175. The van der Waals surface area contributed by atoms with Crippen molar-refractivity contribution in [3.8, 4) is 0 Å². The molecule has 2 fully saturated rings. The Balaban J connectivity index is 1.58. The van der Waals surface area contributed by atoms with Crippen molar-refractivity contribution >= 4 is 0 Å². The van der Waals surface area contributed by atoms with Gasteiger partial charge in [0.1, 0.15) is 11.6 Å². The summed E-state index contributed by atoms with van der Waals surface area (Å²) in [6, 6.07) is 8.03. The van der Waals surface area contributed by atoms with Crippen molar-refractivity contribution < 1.29 is 4.39 Å². The van der Waals surface area contributed by atoms with Crippen LogP contribution >= 0.6 is 0 Å². The first-order chi connectivity index (χ1) is 12.2. The summed E-state index contributed by atoms with van der Waals surface area (Å²) >= 11 is 0. The van der Waals surface area contributed by atoms with Gasteiger partial charge in [0.25, 0.3) is 0 Å². The quantitative estimate of drug-likeness (QED) is 0.793. The van der Waals surface area contributed by atoms with E-state index in [9.17, 15) is 4.39 Å². The summed E-state index contributed by atoms with van der Waals surface area (Å²) in [4.78, 5) is 7.53. The van der Waals surface area contributed by atoms with Gasteiger partial charge in [-0.05, 0) is 56.8 Å². The van der Waals surface area contributed by atoms with E-state index in [4.69, 9.17) is 4.98 Å². The molecule has 1 atom stereocenters. The molecule has 2 heterocycles. The highest BCUT2D eigenvalue weighted by Crippen LogP contribution is 2.37. The zero-order chi connectivity index (χ0) is 17.2. The van der Waals surface area contributed by atoms with Gasteiger partial charge in [-0.25, -0.2) is 9.37 Å². The number of hydrogen-bond acceptors (Lipinski definition) is 2. The number of aryl methyl sites for hydroxylation is 1. The van der Waals surface area contributed by atoms with Crippen LogP contribution in [0.5, 0.6) is 0 Å². The molecular formula is C21H28FN3. The number of aromatic nitrogens is 2. The lowest BCUT2D eigenvalue weighted by molar-refractivity contribution is 0.136. The van der Waals surface area contributed by atoms with E-state index in [0.29, 0.717) is 6.04 Å². The van der Waals surface area contributed by atoms with Crippen LogP contribution < -0.4 is 0 Å². The zero-order valence-electron chi connectivity index (χ0n) is 15.1. The van der Waals surface area contributed by atoms with Crippen molar-refractivity contribution in [2.24, 2.45) is 0 Å². The van der Waals surface area contributed by atoms with Gasteiger partial charge >= 0.3 is 0 Å². The summed E-state index contributed by atoms with van der Waals surface area (Å²) in [5, 5.41) is 0. The topological polar surface area (TPSA) is 21.1 Å². The predicted octanol–water partition coefficient (Wildman–Crippen LogP) is 4.85. The minimum Gasteiger partial charge on any atom is -0.327 e. The molecule has 3 nitrogen and oxygen atoms in total. The van der Waals surface area contributed by atoms with E-state index in [2.05, 4.69) is 16.4 Å². The molecule has 0 radical (unpaired) electrons. The Kier molecular flexibility index (Phi) is 4.89. The van der Waals surface area contributed by atoms with E-state index in [1.165, 1.54) is 63.0 Å². The molecule has 1 saturated heterocycles. The van der Waals surface area contributed by atoms with Gasteiger partial charge in [0.2, 0.25) is 0 Å². The molecule has 1 aliphatic heterocycles. The van der Waals surface area contributed by atoms with E-state index in [1.54, 1.807) is 12.1 Å². The van der Waals surface area contributed by atoms with Gasteiger partial charge in [-0.3, -0.25) is 4.90 Å². The molecule has 1 unspecified atom stereocenters. The molecule has 4 heteroatoms. The summed E-state index contributed by atoms with van der Waals surface area (Å²) in [6.45, 7) is 4.11. The van der Waals surface area contributed by atoms with Crippen LogP contribution in [0, 0.1) is 12.7 Å². The monoisotopic (exact) mass is 341 g/mol. The Morgan fingerprint density at radius 2 is 1.80 bits per heavy atom. The molecule has 134 valence electrons. The maximum Gasteiger partial charge on any atom is 0.126 e. The summed E-state index contributed by atoms with van der Waals surface area (Å²) < 4.78 is 15.5. The molecule has 2 aromatic rings. The van der Waals surface area contributed by atoms with E-state index in [1.807, 2.05) is 18.3 Å². The second kappa shape index (κ2) is 7.28. The van der Waals surface area contributed by atoms with E-state index in [0.717, 1.165) is 18.2 Å². The van der Waals surface area contributed by atoms with Crippen molar-refractivity contribution in [1.29, 1.82) is 0 Å². The van der Waals surface area contributed by atoms with Gasteiger partial charge in [0.15, 0.2) is 0 Å². The molecular weight excluding hydrogens is 313 g/mol. The van der Waals surface area contributed by atoms with Gasteiger partial charge in [0.05, 0.1) is 6.04 Å². The van der Waals surface area contributed by atoms with E-state index in [-0.39, 0.29) is 5.82 Å². The fraction of sp³-hybridized carbons (Fsp3) is 0.571. The summed E-state index contributed by atoms with van der Waals surface area (Å²) in [5.41, 5.74) is 2.32. The van der Waals surface area contributed by atoms with Crippen LogP contribution in [-0.2, 0) is 6.54 Å². The lowest BCUT2D eigenvalue weighted by Gasteiger charge is -2.35. The van der Waals surface area contributed by atoms with Crippen molar-refractivity contribution in [2.45, 2.75) is 70.5 Å². The highest BCUT2D eigenvalue weighted by atomic mass is 19.1. The standard InChI is InChI=1S/C21H28FN3/c1-16-14-23-21(25(16)15-17-9-11-18(22)12-10-17)20-8-5-13-24(20)19-6-3-2-4-7-19/h9-12,14,19-20H,2-8,13,15H2,1H3. The number of likely N-dealkylation sites (tertiary alicyclic amines) is 1. The molecule has 2 aliphatic rings. The average molecular weight is 341 g/mol. The second-order valence-electron chi connectivity index (χ2n) is 7.66. The lowest BCUT2D eigenvalue weighted by Crippen LogP contribution is -2.37. The fourth-order valence-corrected chi connectivity index (χ4v) is 4.64. The number of rotatable bonds is 4. The lowest BCUT2D eigenvalue weighted by atomic mass is 9.93. The third kappa shape index (κ3) is 3.50. The van der Waals surface area contributed by atoms with Crippen LogP contribution in [0.2, 0.25) is 0 Å². The molecule has 1 aliphatic carbocycles. The number of halogens is 1. The third-order valence-electron chi connectivity index (χ3n) is 5.98. The molecule has 0 bridgehead atoms. The number of nitrogens with zero attached hydrogens (tertiary/aromatic N) is 3. The van der Waals surface area contributed by atoms with E-state index < -0.39 is 0 Å². The van der Waals surface area contributed by atoms with Crippen LogP contribution in [0.15, 0.2) is 30.5 Å². The van der Waals surface area contributed by atoms with Crippen LogP contribution in [0.25, 0.3) is 0 Å². The first kappa shape index (κ1) is 16.8. The van der Waals surface area contributed by atoms with Crippen LogP contribution in [0.4, 0.5) is 4.39 Å². The summed E-state index contributed by atoms with van der Waals surface area (Å²) in [7, 11) is 0. The normalized spacial score (nSPS) is 22.6. The second-order valence-corrected chi connectivity index (χ2v) is 7.66. The Labute approximate surface area is 149 Å². The molecule has 0 amide bonds. The van der Waals surface area contributed by atoms with Crippen molar-refractivity contribution in [1.82, 2.24) is 14.5 Å². The minimum absolute atomic E-state index is 0.175. The van der Waals surface area contributed by atoms with Gasteiger partial charge in [-0.1, -0.05) is 31.4 Å². The van der Waals surface area contributed by atoms with Crippen molar-refractivity contribution in [3.63, 3.8) is 0 Å². The predicted molar refractivity (Wildman–Crippen MR) is 98.0 cm³/mol. The van der Waals surface area contributed by atoms with Gasteiger partial charge in [-0.2, -0.15) is 0 Å². The maximum absolute atomic E-state index is 13.2. The smallest absolute Gasteiger partial charge is 0.126 e. The van der Waals surface area contributed by atoms with E-state index >= 15 is 0 Å². The summed E-state index contributed by atoms with van der Waals surface area (Å²) in [5.74, 6) is 1.02. The highest BCUT2D eigenvalue weighted by Gasteiger charge is 2.35. The van der Waals surface area contributed by atoms with Gasteiger partial charge in [0, 0.05) is 24.5 Å². The maximum atomic E-state index is 13.2. The number of benzene rings is 1. The molecule has 0 N–H and O–H groups in total. The first-order valence-corrected chi connectivity index (χ1v) is 9.74. The first-order valence-electron chi connectivity index (χ1n) is 9.74. The number of hydrogen-bond donors (Lipinski definition) is 0. The van der Waals surface area contributed by atoms with Crippen molar-refractivity contribution in [3.05, 3.63) is 53.4 Å². The average Bonchev–Trinajstić information content (AvgIpc) is 3.25. The molecule has 1 aromatic carbocycles. The SMILES string of the molecule is Cc1cnc(C2CCCN2C2CCCCC2)n1Cc1ccc(F)cc1. The van der Waals surface area contributed by atoms with Crippen LogP contribution in [0.3, 0.4) is 0 Å². The Morgan fingerprint density at radius 3 is 2.56 bits per heavy atom. The van der Waals surface area contributed by atoms with Crippen molar-refractivity contribution in [2.75, 3.05) is 6.54 Å². The molecule has 1 saturated carbocycles. The highest BCUT2D eigenvalue weighted by molar-refractivity contribution is 5.19. The fourth-order valence-electron chi connectivity index (χ4n) is 4.64. The molecule has 1 aromatic heterocycles. The van der Waals surface area contributed by atoms with Crippen LogP contribution in [-0.4, -0.2) is 27.0 Å².